The SMILES string of the molecule is CC1C(=O)C(C#N)=CC2(C)C3=CC(=O)C4C(CCC5(C(=O)NCC(F)(F)F)CCC(C)(C)CC45)C3CCC12. The van der Waals surface area contributed by atoms with E-state index in [9.17, 15) is 32.8 Å². The first kappa shape index (κ1) is 27.1. The number of ketones is 2. The van der Waals surface area contributed by atoms with Gasteiger partial charge in [0.15, 0.2) is 11.6 Å². The highest BCUT2D eigenvalue weighted by Gasteiger charge is 2.63. The van der Waals surface area contributed by atoms with E-state index in [0.717, 1.165) is 24.8 Å². The van der Waals surface area contributed by atoms with E-state index in [1.165, 1.54) is 0 Å². The Bertz CT molecular complexity index is 1180. The molecule has 0 aromatic rings. The molecule has 206 valence electrons. The van der Waals surface area contributed by atoms with Gasteiger partial charge in [0.2, 0.25) is 5.91 Å². The second-order valence-electron chi connectivity index (χ2n) is 13.6. The van der Waals surface area contributed by atoms with E-state index in [1.807, 2.05) is 13.8 Å². The van der Waals surface area contributed by atoms with Crippen molar-refractivity contribution in [1.29, 1.82) is 5.26 Å². The molecular weight excluding hydrogens is 493 g/mol. The quantitative estimate of drug-likeness (QED) is 0.495. The molecule has 3 fully saturated rings. The summed E-state index contributed by atoms with van der Waals surface area (Å²) in [5, 5.41) is 11.8. The second kappa shape index (κ2) is 8.79. The smallest absolute Gasteiger partial charge is 0.346 e. The number of hydrogen-bond acceptors (Lipinski definition) is 4. The van der Waals surface area contributed by atoms with Gasteiger partial charge >= 0.3 is 6.18 Å². The van der Waals surface area contributed by atoms with Crippen LogP contribution in [-0.4, -0.2) is 30.2 Å². The largest absolute Gasteiger partial charge is 0.405 e. The number of allylic oxidation sites excluding steroid dienone is 4. The molecule has 5 rings (SSSR count). The lowest BCUT2D eigenvalue weighted by Gasteiger charge is -2.60. The minimum atomic E-state index is -4.49. The van der Waals surface area contributed by atoms with Gasteiger partial charge in [-0.15, -0.1) is 0 Å². The van der Waals surface area contributed by atoms with Crippen LogP contribution in [0.5, 0.6) is 0 Å². The molecule has 0 saturated heterocycles. The van der Waals surface area contributed by atoms with Crippen LogP contribution in [-0.2, 0) is 14.4 Å². The van der Waals surface area contributed by atoms with Gasteiger partial charge in [-0.2, -0.15) is 18.4 Å². The molecule has 8 atom stereocenters. The van der Waals surface area contributed by atoms with E-state index in [0.29, 0.717) is 25.7 Å². The summed E-state index contributed by atoms with van der Waals surface area (Å²) in [6, 6.07) is 2.07. The minimum absolute atomic E-state index is 0.00888. The van der Waals surface area contributed by atoms with Gasteiger partial charge in [0.25, 0.3) is 0 Å². The van der Waals surface area contributed by atoms with Crippen molar-refractivity contribution in [2.24, 2.45) is 51.8 Å². The predicted octanol–water partition coefficient (Wildman–Crippen LogP) is 5.71. The molecule has 0 aromatic carbocycles. The van der Waals surface area contributed by atoms with E-state index >= 15 is 0 Å². The topological polar surface area (TPSA) is 87.0 Å². The van der Waals surface area contributed by atoms with Crippen molar-refractivity contribution in [3.63, 3.8) is 0 Å². The Hall–Kier alpha value is -2.43. The van der Waals surface area contributed by atoms with Gasteiger partial charge in [-0.1, -0.05) is 39.3 Å². The van der Waals surface area contributed by atoms with Gasteiger partial charge in [0.05, 0.1) is 11.0 Å². The number of hydrogen-bond donors (Lipinski definition) is 1. The number of rotatable bonds is 2. The number of nitrogens with one attached hydrogen (secondary N) is 1. The summed E-state index contributed by atoms with van der Waals surface area (Å²) < 4.78 is 39.0. The number of carbonyl (C=O) groups is 3. The van der Waals surface area contributed by atoms with Crippen molar-refractivity contribution in [3.05, 3.63) is 23.3 Å². The molecule has 5 aliphatic rings. The molecule has 5 nitrogen and oxygen atoms in total. The normalized spacial score (nSPS) is 41.8. The molecule has 0 spiro atoms. The molecule has 8 heteroatoms. The number of Topliss-reactive ketones (excluding diaryl/α,β-unsaturated/α-hetero) is 1. The third kappa shape index (κ3) is 4.07. The van der Waals surface area contributed by atoms with Crippen molar-refractivity contribution in [1.82, 2.24) is 5.32 Å². The number of amides is 1. The zero-order valence-corrected chi connectivity index (χ0v) is 22.6. The molecule has 1 N–H and O–H groups in total. The highest BCUT2D eigenvalue weighted by molar-refractivity contribution is 6.02. The maximum Gasteiger partial charge on any atom is 0.405 e. The Morgan fingerprint density at radius 2 is 1.82 bits per heavy atom. The van der Waals surface area contributed by atoms with Crippen LogP contribution in [0.1, 0.15) is 72.6 Å². The molecule has 5 aliphatic carbocycles. The first-order valence-corrected chi connectivity index (χ1v) is 13.9. The van der Waals surface area contributed by atoms with Crippen LogP contribution in [0.2, 0.25) is 0 Å². The van der Waals surface area contributed by atoms with E-state index in [-0.39, 0.29) is 52.1 Å². The number of alkyl halides is 3. The van der Waals surface area contributed by atoms with Crippen LogP contribution in [0, 0.1) is 63.1 Å². The summed E-state index contributed by atoms with van der Waals surface area (Å²) in [5.74, 6) is -1.64. The standard InChI is InChI=1S/C30H37F3N2O3/c1-16-20-6-5-18-19-7-8-29(26(38)35-15-30(31,32)33)10-9-27(2,3)13-22(29)24(19)23(36)11-21(18)28(20,4)12-17(14-34)25(16)37/h11-12,16,18-20,22,24H,5-10,13,15H2,1-4H3,(H,35,38). The molecule has 0 aliphatic heterocycles. The lowest BCUT2D eigenvalue weighted by Crippen LogP contribution is -2.60. The monoisotopic (exact) mass is 530 g/mol. The number of fused-ring (bicyclic) bond motifs is 7. The Balaban J connectivity index is 1.54. The first-order valence-electron chi connectivity index (χ1n) is 13.9. The summed E-state index contributed by atoms with van der Waals surface area (Å²) in [7, 11) is 0. The fraction of sp³-hybridized carbons (Fsp3) is 0.733. The molecule has 0 heterocycles. The number of nitrogens with zero attached hydrogens (tertiary/aromatic N) is 1. The van der Waals surface area contributed by atoms with Crippen LogP contribution >= 0.6 is 0 Å². The van der Waals surface area contributed by atoms with Crippen molar-refractivity contribution in [2.75, 3.05) is 6.54 Å². The zero-order valence-electron chi connectivity index (χ0n) is 22.6. The molecular formula is C30H37F3N2O3. The minimum Gasteiger partial charge on any atom is -0.346 e. The number of carbonyl (C=O) groups excluding carboxylic acids is 3. The average molecular weight is 531 g/mol. The summed E-state index contributed by atoms with van der Waals surface area (Å²) in [6.07, 6.45) is 3.59. The number of nitriles is 1. The maximum atomic E-state index is 14.0. The van der Waals surface area contributed by atoms with Gasteiger partial charge in [0.1, 0.15) is 12.6 Å². The van der Waals surface area contributed by atoms with E-state index in [4.69, 9.17) is 0 Å². The van der Waals surface area contributed by atoms with Crippen molar-refractivity contribution in [3.8, 4) is 6.07 Å². The predicted molar refractivity (Wildman–Crippen MR) is 134 cm³/mol. The van der Waals surface area contributed by atoms with Crippen LogP contribution in [0.15, 0.2) is 23.3 Å². The molecule has 0 bridgehead atoms. The Morgan fingerprint density at radius 3 is 2.47 bits per heavy atom. The van der Waals surface area contributed by atoms with Crippen LogP contribution in [0.25, 0.3) is 0 Å². The van der Waals surface area contributed by atoms with E-state index < -0.39 is 35.4 Å². The Kier molecular flexibility index (Phi) is 6.28. The second-order valence-corrected chi connectivity index (χ2v) is 13.6. The summed E-state index contributed by atoms with van der Waals surface area (Å²) in [6.45, 7) is 6.80. The van der Waals surface area contributed by atoms with E-state index in [1.54, 1.807) is 12.2 Å². The van der Waals surface area contributed by atoms with Gasteiger partial charge in [-0.25, -0.2) is 0 Å². The van der Waals surface area contributed by atoms with Crippen LogP contribution in [0.3, 0.4) is 0 Å². The third-order valence-corrected chi connectivity index (χ3v) is 11.0. The van der Waals surface area contributed by atoms with Crippen molar-refractivity contribution >= 4 is 17.5 Å². The van der Waals surface area contributed by atoms with Crippen molar-refractivity contribution < 1.29 is 27.6 Å². The zero-order chi connectivity index (χ0) is 27.8. The van der Waals surface area contributed by atoms with Crippen molar-refractivity contribution in [2.45, 2.75) is 78.8 Å². The fourth-order valence-corrected chi connectivity index (χ4v) is 9.17. The molecule has 0 radical (unpaired) electrons. The van der Waals surface area contributed by atoms with Gasteiger partial charge < -0.3 is 5.32 Å². The number of halogens is 3. The fourth-order valence-electron chi connectivity index (χ4n) is 9.17. The van der Waals surface area contributed by atoms with Crippen LogP contribution in [0.4, 0.5) is 13.2 Å². The van der Waals surface area contributed by atoms with Crippen LogP contribution < -0.4 is 5.32 Å². The molecule has 3 saturated carbocycles. The highest BCUT2D eigenvalue weighted by Crippen LogP contribution is 2.65. The summed E-state index contributed by atoms with van der Waals surface area (Å²) >= 11 is 0. The van der Waals surface area contributed by atoms with Gasteiger partial charge in [0, 0.05) is 17.3 Å². The molecule has 1 amide bonds. The third-order valence-electron chi connectivity index (χ3n) is 11.0. The van der Waals surface area contributed by atoms with E-state index in [2.05, 4.69) is 25.2 Å². The van der Waals surface area contributed by atoms with Gasteiger partial charge in [-0.05, 0) is 80.1 Å². The molecule has 8 unspecified atom stereocenters. The lowest BCUT2D eigenvalue weighted by atomic mass is 9.43. The molecule has 38 heavy (non-hydrogen) atoms. The summed E-state index contributed by atoms with van der Waals surface area (Å²) in [4.78, 5) is 40.2. The summed E-state index contributed by atoms with van der Waals surface area (Å²) in [5.41, 5.74) is -0.491. The first-order chi connectivity index (χ1) is 17.6. The lowest BCUT2D eigenvalue weighted by molar-refractivity contribution is -0.163. The average Bonchev–Trinajstić information content (AvgIpc) is 2.84. The van der Waals surface area contributed by atoms with Gasteiger partial charge in [-0.3, -0.25) is 14.4 Å². The Morgan fingerprint density at radius 1 is 1.11 bits per heavy atom. The highest BCUT2D eigenvalue weighted by atomic mass is 19.4. The molecule has 0 aromatic heterocycles. The maximum absolute atomic E-state index is 14.0. The Labute approximate surface area is 222 Å².